The normalized spacial score (nSPS) is 11.0. The molecule has 0 bridgehead atoms. The second kappa shape index (κ2) is 11.7. The molecule has 0 saturated carbocycles. The van der Waals surface area contributed by atoms with Gasteiger partial charge in [0.25, 0.3) is 15.9 Å². The molecule has 4 aromatic rings. The van der Waals surface area contributed by atoms with Gasteiger partial charge < -0.3 is 19.8 Å². The first-order valence-corrected chi connectivity index (χ1v) is 13.2. The molecule has 1 heterocycles. The summed E-state index contributed by atoms with van der Waals surface area (Å²) in [6, 6.07) is 22.8. The standard InChI is InChI=1S/C28H27N3O6S/c1-20-14-15-26(36-2)25(17-20)31(38(34,35)22-10-4-3-5-11-22)19-27(32)30-24-13-7-6-12-23(24)28(33)29-18-21-9-8-16-37-21/h3-17H,18-19H2,1-2H3,(H,29,33)(H,30,32). The number of hydrogen-bond acceptors (Lipinski definition) is 6. The van der Waals surface area contributed by atoms with Crippen LogP contribution in [0.3, 0.4) is 0 Å². The second-order valence-corrected chi connectivity index (χ2v) is 10.2. The lowest BCUT2D eigenvalue weighted by Crippen LogP contribution is -2.38. The summed E-state index contributed by atoms with van der Waals surface area (Å²) in [5.74, 6) is -0.194. The van der Waals surface area contributed by atoms with E-state index in [0.717, 1.165) is 9.87 Å². The fourth-order valence-corrected chi connectivity index (χ4v) is 5.24. The monoisotopic (exact) mass is 533 g/mol. The van der Waals surface area contributed by atoms with E-state index in [9.17, 15) is 18.0 Å². The first-order chi connectivity index (χ1) is 18.3. The van der Waals surface area contributed by atoms with E-state index in [1.807, 2.05) is 6.92 Å². The number of amides is 2. The lowest BCUT2D eigenvalue weighted by Gasteiger charge is -2.26. The Kier molecular flexibility index (Phi) is 8.12. The minimum absolute atomic E-state index is 0.0223. The van der Waals surface area contributed by atoms with Crippen molar-refractivity contribution in [2.24, 2.45) is 0 Å². The number of rotatable bonds is 10. The number of nitrogens with zero attached hydrogens (tertiary/aromatic N) is 1. The molecule has 0 unspecified atom stereocenters. The molecule has 10 heteroatoms. The largest absolute Gasteiger partial charge is 0.495 e. The topological polar surface area (TPSA) is 118 Å². The Bertz CT molecular complexity index is 1520. The number of aryl methyl sites for hydroxylation is 1. The molecular formula is C28H27N3O6S. The van der Waals surface area contributed by atoms with Crippen molar-refractivity contribution in [2.45, 2.75) is 18.4 Å². The van der Waals surface area contributed by atoms with Crippen molar-refractivity contribution in [2.75, 3.05) is 23.3 Å². The molecule has 0 saturated heterocycles. The van der Waals surface area contributed by atoms with Crippen LogP contribution in [-0.2, 0) is 21.4 Å². The Morgan fingerprint density at radius 2 is 1.68 bits per heavy atom. The smallest absolute Gasteiger partial charge is 0.264 e. The van der Waals surface area contributed by atoms with Crippen molar-refractivity contribution >= 4 is 33.2 Å². The first kappa shape index (κ1) is 26.5. The maximum absolute atomic E-state index is 13.7. The molecule has 0 fully saturated rings. The number of nitrogens with one attached hydrogen (secondary N) is 2. The van der Waals surface area contributed by atoms with Crippen LogP contribution in [0.25, 0.3) is 0 Å². The summed E-state index contributed by atoms with van der Waals surface area (Å²) in [6.45, 7) is 1.43. The molecule has 4 rings (SSSR count). The van der Waals surface area contributed by atoms with Gasteiger partial charge in [-0.3, -0.25) is 13.9 Å². The quantitative estimate of drug-likeness (QED) is 0.313. The predicted octanol–water partition coefficient (Wildman–Crippen LogP) is 4.36. The zero-order chi connectivity index (χ0) is 27.1. The fourth-order valence-electron chi connectivity index (χ4n) is 3.80. The number of anilines is 2. The summed E-state index contributed by atoms with van der Waals surface area (Å²) in [7, 11) is -2.72. The van der Waals surface area contributed by atoms with Gasteiger partial charge >= 0.3 is 0 Å². The number of para-hydroxylation sites is 1. The van der Waals surface area contributed by atoms with E-state index in [1.165, 1.54) is 25.5 Å². The third-order valence-corrected chi connectivity index (χ3v) is 7.44. The molecule has 0 radical (unpaired) electrons. The van der Waals surface area contributed by atoms with Gasteiger partial charge in [-0.25, -0.2) is 8.42 Å². The van der Waals surface area contributed by atoms with Gasteiger partial charge in [-0.1, -0.05) is 36.4 Å². The lowest BCUT2D eigenvalue weighted by atomic mass is 10.1. The molecule has 0 spiro atoms. The van der Waals surface area contributed by atoms with Gasteiger partial charge in [0, 0.05) is 0 Å². The zero-order valence-corrected chi connectivity index (χ0v) is 21.7. The molecule has 196 valence electrons. The summed E-state index contributed by atoms with van der Waals surface area (Å²) >= 11 is 0. The summed E-state index contributed by atoms with van der Waals surface area (Å²) in [6.07, 6.45) is 1.51. The van der Waals surface area contributed by atoms with E-state index in [-0.39, 0.29) is 28.4 Å². The predicted molar refractivity (Wildman–Crippen MR) is 144 cm³/mol. The van der Waals surface area contributed by atoms with Crippen molar-refractivity contribution in [1.29, 1.82) is 0 Å². The van der Waals surface area contributed by atoms with E-state index in [0.29, 0.717) is 11.5 Å². The average molecular weight is 534 g/mol. The van der Waals surface area contributed by atoms with E-state index in [2.05, 4.69) is 10.6 Å². The number of benzene rings is 3. The van der Waals surface area contributed by atoms with Gasteiger partial charge in [0.1, 0.15) is 18.1 Å². The van der Waals surface area contributed by atoms with Gasteiger partial charge in [-0.15, -0.1) is 0 Å². The number of hydrogen-bond donors (Lipinski definition) is 2. The summed E-state index contributed by atoms with van der Waals surface area (Å²) in [4.78, 5) is 26.1. The molecular weight excluding hydrogens is 506 g/mol. The van der Waals surface area contributed by atoms with Crippen molar-refractivity contribution in [3.8, 4) is 5.75 Å². The van der Waals surface area contributed by atoms with Crippen LogP contribution in [0.1, 0.15) is 21.7 Å². The molecule has 0 aliphatic rings. The summed E-state index contributed by atoms with van der Waals surface area (Å²) < 4.78 is 39.0. The van der Waals surface area contributed by atoms with E-state index < -0.39 is 28.4 Å². The van der Waals surface area contributed by atoms with E-state index in [1.54, 1.807) is 72.8 Å². The third kappa shape index (κ3) is 6.04. The molecule has 2 N–H and O–H groups in total. The van der Waals surface area contributed by atoms with Gasteiger partial charge in [-0.2, -0.15) is 0 Å². The van der Waals surface area contributed by atoms with Crippen LogP contribution in [0, 0.1) is 6.92 Å². The molecule has 0 atom stereocenters. The first-order valence-electron chi connectivity index (χ1n) is 11.7. The van der Waals surface area contributed by atoms with Crippen molar-refractivity contribution in [1.82, 2.24) is 5.32 Å². The highest BCUT2D eigenvalue weighted by molar-refractivity contribution is 7.92. The second-order valence-electron chi connectivity index (χ2n) is 8.36. The van der Waals surface area contributed by atoms with Crippen molar-refractivity contribution in [3.63, 3.8) is 0 Å². The molecule has 0 aliphatic heterocycles. The maximum Gasteiger partial charge on any atom is 0.264 e. The lowest BCUT2D eigenvalue weighted by molar-refractivity contribution is -0.114. The van der Waals surface area contributed by atoms with Crippen LogP contribution in [-0.4, -0.2) is 33.9 Å². The molecule has 38 heavy (non-hydrogen) atoms. The van der Waals surface area contributed by atoms with E-state index >= 15 is 0 Å². The summed E-state index contributed by atoms with van der Waals surface area (Å²) in [5.41, 5.74) is 1.46. The molecule has 3 aromatic carbocycles. The third-order valence-electron chi connectivity index (χ3n) is 5.67. The van der Waals surface area contributed by atoms with Crippen LogP contribution in [0.15, 0.2) is 101 Å². The highest BCUT2D eigenvalue weighted by Gasteiger charge is 2.30. The summed E-state index contributed by atoms with van der Waals surface area (Å²) in [5, 5.41) is 5.43. The highest BCUT2D eigenvalue weighted by atomic mass is 32.2. The maximum atomic E-state index is 13.7. The number of carbonyl (C=O) groups excluding carboxylic acids is 2. The van der Waals surface area contributed by atoms with Crippen LogP contribution in [0.2, 0.25) is 0 Å². The van der Waals surface area contributed by atoms with Crippen molar-refractivity contribution < 1.29 is 27.2 Å². The van der Waals surface area contributed by atoms with Crippen LogP contribution < -0.4 is 19.7 Å². The van der Waals surface area contributed by atoms with Gasteiger partial charge in [0.2, 0.25) is 5.91 Å². The number of methoxy groups -OCH3 is 1. The number of sulfonamides is 1. The van der Waals surface area contributed by atoms with Gasteiger partial charge in [0.05, 0.1) is 41.8 Å². The molecule has 0 aliphatic carbocycles. The Morgan fingerprint density at radius 1 is 0.947 bits per heavy atom. The number of ether oxygens (including phenoxy) is 1. The Morgan fingerprint density at radius 3 is 2.39 bits per heavy atom. The number of furan rings is 1. The van der Waals surface area contributed by atoms with Crippen LogP contribution >= 0.6 is 0 Å². The van der Waals surface area contributed by atoms with Gasteiger partial charge in [-0.05, 0) is 61.0 Å². The molecule has 1 aromatic heterocycles. The Labute approximate surface area is 221 Å². The van der Waals surface area contributed by atoms with Crippen LogP contribution in [0.5, 0.6) is 5.75 Å². The highest BCUT2D eigenvalue weighted by Crippen LogP contribution is 2.33. The minimum atomic E-state index is -4.15. The zero-order valence-electron chi connectivity index (χ0n) is 20.9. The Hall–Kier alpha value is -4.57. The molecule has 2 amide bonds. The Balaban J connectivity index is 1.62. The number of carbonyl (C=O) groups is 2. The average Bonchev–Trinajstić information content (AvgIpc) is 3.45. The fraction of sp³-hybridized carbons (Fsp3) is 0.143. The van der Waals surface area contributed by atoms with E-state index in [4.69, 9.17) is 9.15 Å². The molecule has 9 nitrogen and oxygen atoms in total. The van der Waals surface area contributed by atoms with Gasteiger partial charge in [0.15, 0.2) is 0 Å². The van der Waals surface area contributed by atoms with Crippen molar-refractivity contribution in [3.05, 3.63) is 108 Å². The van der Waals surface area contributed by atoms with Crippen LogP contribution in [0.4, 0.5) is 11.4 Å². The SMILES string of the molecule is COc1ccc(C)cc1N(CC(=O)Nc1ccccc1C(=O)NCc1ccco1)S(=O)(=O)c1ccccc1. The minimum Gasteiger partial charge on any atom is -0.495 e.